The van der Waals surface area contributed by atoms with Gasteiger partial charge in [-0.2, -0.15) is 15.0 Å². The van der Waals surface area contributed by atoms with E-state index in [1.54, 1.807) is 0 Å². The van der Waals surface area contributed by atoms with Crippen molar-refractivity contribution in [1.29, 1.82) is 0 Å². The fraction of sp³-hybridized carbons (Fsp3) is 0.167. The fourth-order valence-corrected chi connectivity index (χ4v) is 2.26. The van der Waals surface area contributed by atoms with Crippen molar-refractivity contribution in [3.8, 4) is 11.4 Å². The highest BCUT2D eigenvalue weighted by Crippen LogP contribution is 2.22. The standard InChI is InChI=1S/C18H18ClN5/c1-12(2)20-17-22-16(13-8-10-14(19)11-9-13)23-18(24-17)21-15-6-4-3-5-7-15/h3-12H,1-2H3,(H2,20,21,22,23,24). The van der Waals surface area contributed by atoms with Gasteiger partial charge in [0.15, 0.2) is 5.82 Å². The maximum absolute atomic E-state index is 5.96. The lowest BCUT2D eigenvalue weighted by atomic mass is 10.2. The van der Waals surface area contributed by atoms with Gasteiger partial charge in [-0.1, -0.05) is 29.8 Å². The SMILES string of the molecule is CC(C)Nc1nc(Nc2ccccc2)nc(-c2ccc(Cl)cc2)n1. The molecule has 0 unspecified atom stereocenters. The van der Waals surface area contributed by atoms with Crippen LogP contribution in [-0.4, -0.2) is 21.0 Å². The second kappa shape index (κ2) is 7.27. The predicted molar refractivity (Wildman–Crippen MR) is 98.8 cm³/mol. The van der Waals surface area contributed by atoms with Gasteiger partial charge in [-0.3, -0.25) is 0 Å². The second-order valence-corrected chi connectivity index (χ2v) is 6.04. The summed E-state index contributed by atoms with van der Waals surface area (Å²) in [6.07, 6.45) is 0. The Morgan fingerprint density at radius 1 is 0.833 bits per heavy atom. The first kappa shape index (κ1) is 16.2. The minimum Gasteiger partial charge on any atom is -0.352 e. The van der Waals surface area contributed by atoms with E-state index in [2.05, 4.69) is 25.6 Å². The van der Waals surface area contributed by atoms with Crippen LogP contribution >= 0.6 is 11.6 Å². The van der Waals surface area contributed by atoms with Gasteiger partial charge in [0.2, 0.25) is 11.9 Å². The van der Waals surface area contributed by atoms with Gasteiger partial charge in [-0.25, -0.2) is 0 Å². The number of nitrogens with one attached hydrogen (secondary N) is 2. The van der Waals surface area contributed by atoms with Crippen LogP contribution in [-0.2, 0) is 0 Å². The molecule has 0 spiro atoms. The molecule has 0 aliphatic carbocycles. The van der Waals surface area contributed by atoms with Gasteiger partial charge >= 0.3 is 0 Å². The third-order valence-corrected chi connectivity index (χ3v) is 3.44. The summed E-state index contributed by atoms with van der Waals surface area (Å²) in [5, 5.41) is 7.11. The Morgan fingerprint density at radius 2 is 1.50 bits per heavy atom. The van der Waals surface area contributed by atoms with E-state index in [1.807, 2.05) is 68.4 Å². The van der Waals surface area contributed by atoms with Crippen LogP contribution in [0.4, 0.5) is 17.6 Å². The molecule has 0 bridgehead atoms. The van der Waals surface area contributed by atoms with Crippen LogP contribution in [0, 0.1) is 0 Å². The maximum Gasteiger partial charge on any atom is 0.232 e. The molecule has 5 nitrogen and oxygen atoms in total. The molecule has 24 heavy (non-hydrogen) atoms. The zero-order valence-electron chi connectivity index (χ0n) is 13.5. The summed E-state index contributed by atoms with van der Waals surface area (Å²) in [6, 6.07) is 17.4. The van der Waals surface area contributed by atoms with Gasteiger partial charge in [-0.15, -0.1) is 0 Å². The summed E-state index contributed by atoms with van der Waals surface area (Å²) < 4.78 is 0. The lowest BCUT2D eigenvalue weighted by molar-refractivity contribution is 0.869. The molecular weight excluding hydrogens is 322 g/mol. The van der Waals surface area contributed by atoms with Crippen LogP contribution < -0.4 is 10.6 Å². The number of rotatable bonds is 5. The van der Waals surface area contributed by atoms with Crippen molar-refractivity contribution in [2.75, 3.05) is 10.6 Å². The maximum atomic E-state index is 5.96. The first-order valence-electron chi connectivity index (χ1n) is 7.71. The number of hydrogen-bond acceptors (Lipinski definition) is 5. The Kier molecular flexibility index (Phi) is 4.91. The highest BCUT2D eigenvalue weighted by molar-refractivity contribution is 6.30. The van der Waals surface area contributed by atoms with Crippen LogP contribution in [0.3, 0.4) is 0 Å². The number of hydrogen-bond donors (Lipinski definition) is 2. The molecule has 2 aromatic carbocycles. The molecule has 0 radical (unpaired) electrons. The first-order chi connectivity index (χ1) is 11.6. The fourth-order valence-electron chi connectivity index (χ4n) is 2.13. The van der Waals surface area contributed by atoms with Gasteiger partial charge in [0.05, 0.1) is 0 Å². The second-order valence-electron chi connectivity index (χ2n) is 5.60. The summed E-state index contributed by atoms with van der Waals surface area (Å²) in [5.41, 5.74) is 1.80. The highest BCUT2D eigenvalue weighted by atomic mass is 35.5. The molecule has 3 rings (SSSR count). The van der Waals surface area contributed by atoms with Crippen LogP contribution in [0.5, 0.6) is 0 Å². The van der Waals surface area contributed by atoms with E-state index in [1.165, 1.54) is 0 Å². The molecular formula is C18H18ClN5. The van der Waals surface area contributed by atoms with Crippen molar-refractivity contribution < 1.29 is 0 Å². The van der Waals surface area contributed by atoms with Crippen molar-refractivity contribution in [2.24, 2.45) is 0 Å². The smallest absolute Gasteiger partial charge is 0.232 e. The molecule has 2 N–H and O–H groups in total. The third-order valence-electron chi connectivity index (χ3n) is 3.19. The number of para-hydroxylation sites is 1. The normalized spacial score (nSPS) is 10.7. The van der Waals surface area contributed by atoms with E-state index in [4.69, 9.17) is 11.6 Å². The molecule has 122 valence electrons. The quantitative estimate of drug-likeness (QED) is 0.702. The Morgan fingerprint density at radius 3 is 2.17 bits per heavy atom. The molecule has 6 heteroatoms. The molecule has 0 fully saturated rings. The molecule has 0 saturated carbocycles. The number of anilines is 3. The number of benzene rings is 2. The zero-order valence-corrected chi connectivity index (χ0v) is 14.2. The van der Waals surface area contributed by atoms with Gasteiger partial charge < -0.3 is 10.6 Å². The summed E-state index contributed by atoms with van der Waals surface area (Å²) >= 11 is 5.96. The van der Waals surface area contributed by atoms with Gasteiger partial charge in [0.1, 0.15) is 0 Å². The summed E-state index contributed by atoms with van der Waals surface area (Å²) in [5.74, 6) is 1.61. The molecule has 1 aromatic heterocycles. The van der Waals surface area contributed by atoms with E-state index in [0.29, 0.717) is 22.7 Å². The topological polar surface area (TPSA) is 62.7 Å². The molecule has 0 saturated heterocycles. The summed E-state index contributed by atoms with van der Waals surface area (Å²) in [6.45, 7) is 4.08. The monoisotopic (exact) mass is 339 g/mol. The van der Waals surface area contributed by atoms with E-state index >= 15 is 0 Å². The molecule has 0 aliphatic rings. The largest absolute Gasteiger partial charge is 0.352 e. The van der Waals surface area contributed by atoms with Crippen molar-refractivity contribution in [3.63, 3.8) is 0 Å². The van der Waals surface area contributed by atoms with Crippen molar-refractivity contribution in [3.05, 3.63) is 59.6 Å². The minimum absolute atomic E-state index is 0.218. The van der Waals surface area contributed by atoms with E-state index in [9.17, 15) is 0 Å². The summed E-state index contributed by atoms with van der Waals surface area (Å²) in [4.78, 5) is 13.5. The van der Waals surface area contributed by atoms with Crippen LogP contribution in [0.1, 0.15) is 13.8 Å². The zero-order chi connectivity index (χ0) is 16.9. The van der Waals surface area contributed by atoms with Gasteiger partial charge in [0, 0.05) is 22.3 Å². The van der Waals surface area contributed by atoms with Crippen LogP contribution in [0.25, 0.3) is 11.4 Å². The lowest BCUT2D eigenvalue weighted by Crippen LogP contribution is -2.14. The van der Waals surface area contributed by atoms with E-state index in [0.717, 1.165) is 11.3 Å². The number of aromatic nitrogens is 3. The van der Waals surface area contributed by atoms with Crippen molar-refractivity contribution >= 4 is 29.2 Å². The van der Waals surface area contributed by atoms with Crippen LogP contribution in [0.2, 0.25) is 5.02 Å². The molecule has 1 heterocycles. The Balaban J connectivity index is 1.98. The number of nitrogens with zero attached hydrogens (tertiary/aromatic N) is 3. The number of halogens is 1. The van der Waals surface area contributed by atoms with E-state index < -0.39 is 0 Å². The van der Waals surface area contributed by atoms with Gasteiger partial charge in [0.25, 0.3) is 0 Å². The Hall–Kier alpha value is -2.66. The van der Waals surface area contributed by atoms with Gasteiger partial charge in [-0.05, 0) is 50.2 Å². The average molecular weight is 340 g/mol. The van der Waals surface area contributed by atoms with Crippen molar-refractivity contribution in [2.45, 2.75) is 19.9 Å². The Bertz CT molecular complexity index is 803. The molecule has 0 aliphatic heterocycles. The highest BCUT2D eigenvalue weighted by Gasteiger charge is 2.10. The van der Waals surface area contributed by atoms with Crippen LogP contribution in [0.15, 0.2) is 54.6 Å². The molecule has 0 atom stereocenters. The first-order valence-corrected chi connectivity index (χ1v) is 8.08. The third kappa shape index (κ3) is 4.20. The lowest BCUT2D eigenvalue weighted by Gasteiger charge is -2.12. The predicted octanol–water partition coefficient (Wildman–Crippen LogP) is 4.76. The molecule has 3 aromatic rings. The minimum atomic E-state index is 0.218. The van der Waals surface area contributed by atoms with E-state index in [-0.39, 0.29) is 6.04 Å². The molecule has 0 amide bonds. The Labute approximate surface area is 146 Å². The van der Waals surface area contributed by atoms with Crippen molar-refractivity contribution in [1.82, 2.24) is 15.0 Å². The summed E-state index contributed by atoms with van der Waals surface area (Å²) in [7, 11) is 0. The average Bonchev–Trinajstić information content (AvgIpc) is 2.55.